The van der Waals surface area contributed by atoms with Gasteiger partial charge in [-0.25, -0.2) is 0 Å². The number of benzene rings is 1. The van der Waals surface area contributed by atoms with E-state index >= 15 is 0 Å². The summed E-state index contributed by atoms with van der Waals surface area (Å²) in [4.78, 5) is 15.1. The van der Waals surface area contributed by atoms with Crippen molar-refractivity contribution < 1.29 is 23.7 Å². The van der Waals surface area contributed by atoms with Gasteiger partial charge in [0.25, 0.3) is 0 Å². The SMILES string of the molecule is COc1ccc(CN(C[C@H]2CCCO2)C(=O)Cn2nccc2C)cc1OCC1(C)COC1. The molecule has 2 aromatic rings. The molecule has 0 N–H and O–H groups in total. The number of carbonyl (C=O) groups excluding carboxylic acids is 1. The van der Waals surface area contributed by atoms with E-state index in [1.165, 1.54) is 0 Å². The Morgan fingerprint density at radius 1 is 1.31 bits per heavy atom. The Labute approximate surface area is 189 Å². The number of aryl methyl sites for hydroxylation is 1. The molecule has 0 radical (unpaired) electrons. The van der Waals surface area contributed by atoms with Gasteiger partial charge in [0, 0.05) is 37.0 Å². The second-order valence-corrected chi connectivity index (χ2v) is 9.12. The summed E-state index contributed by atoms with van der Waals surface area (Å²) in [6.45, 7) is 8.06. The molecule has 2 aliphatic rings. The van der Waals surface area contributed by atoms with E-state index in [2.05, 4.69) is 12.0 Å². The number of amides is 1. The van der Waals surface area contributed by atoms with Crippen molar-refractivity contribution in [2.75, 3.05) is 40.1 Å². The summed E-state index contributed by atoms with van der Waals surface area (Å²) in [6, 6.07) is 7.75. The topological polar surface area (TPSA) is 75.1 Å². The number of methoxy groups -OCH3 is 1. The van der Waals surface area contributed by atoms with Crippen LogP contribution in [0.2, 0.25) is 0 Å². The van der Waals surface area contributed by atoms with Crippen LogP contribution in [0, 0.1) is 12.3 Å². The fourth-order valence-corrected chi connectivity index (χ4v) is 4.02. The molecule has 2 aliphatic heterocycles. The maximum absolute atomic E-state index is 13.2. The highest BCUT2D eigenvalue weighted by Crippen LogP contribution is 2.33. The Balaban J connectivity index is 1.48. The van der Waals surface area contributed by atoms with E-state index in [4.69, 9.17) is 18.9 Å². The van der Waals surface area contributed by atoms with E-state index < -0.39 is 0 Å². The van der Waals surface area contributed by atoms with Gasteiger partial charge in [-0.2, -0.15) is 5.10 Å². The summed E-state index contributed by atoms with van der Waals surface area (Å²) in [6.07, 6.45) is 3.80. The highest BCUT2D eigenvalue weighted by Gasteiger charge is 2.34. The molecule has 4 rings (SSSR count). The minimum absolute atomic E-state index is 0.0183. The van der Waals surface area contributed by atoms with Crippen LogP contribution in [0.15, 0.2) is 30.5 Å². The molecule has 0 bridgehead atoms. The molecule has 1 atom stereocenters. The lowest BCUT2D eigenvalue weighted by atomic mass is 9.90. The van der Waals surface area contributed by atoms with Crippen LogP contribution in [-0.4, -0.2) is 66.8 Å². The third-order valence-corrected chi connectivity index (χ3v) is 6.09. The lowest BCUT2D eigenvalue weighted by molar-refractivity contribution is -0.134. The van der Waals surface area contributed by atoms with E-state index in [9.17, 15) is 4.79 Å². The van der Waals surface area contributed by atoms with Crippen molar-refractivity contribution in [3.05, 3.63) is 41.7 Å². The third-order valence-electron chi connectivity index (χ3n) is 6.09. The summed E-state index contributed by atoms with van der Waals surface area (Å²) < 4.78 is 24.5. The molecule has 3 heterocycles. The number of carbonyl (C=O) groups is 1. The molecule has 0 saturated carbocycles. The molecule has 2 fully saturated rings. The number of nitrogens with zero attached hydrogens (tertiary/aromatic N) is 3. The molecule has 32 heavy (non-hydrogen) atoms. The fourth-order valence-electron chi connectivity index (χ4n) is 4.02. The Morgan fingerprint density at radius 2 is 2.16 bits per heavy atom. The Bertz CT molecular complexity index is 918. The van der Waals surface area contributed by atoms with Gasteiger partial charge in [0.15, 0.2) is 11.5 Å². The normalized spacial score (nSPS) is 19.4. The van der Waals surface area contributed by atoms with Gasteiger partial charge in [-0.15, -0.1) is 0 Å². The molecule has 0 spiro atoms. The van der Waals surface area contributed by atoms with Crippen LogP contribution >= 0.6 is 0 Å². The Morgan fingerprint density at radius 3 is 2.78 bits per heavy atom. The van der Waals surface area contributed by atoms with E-state index in [1.54, 1.807) is 18.0 Å². The van der Waals surface area contributed by atoms with Crippen molar-refractivity contribution in [3.63, 3.8) is 0 Å². The van der Waals surface area contributed by atoms with Crippen molar-refractivity contribution in [1.82, 2.24) is 14.7 Å². The summed E-state index contributed by atoms with van der Waals surface area (Å²) in [7, 11) is 1.63. The Kier molecular flexibility index (Phi) is 7.01. The predicted octanol–water partition coefficient (Wildman–Crippen LogP) is 2.82. The van der Waals surface area contributed by atoms with Gasteiger partial charge in [0.2, 0.25) is 5.91 Å². The standard InChI is InChI=1S/C24H33N3O5/c1-18-8-9-25-27(18)14-23(28)26(13-20-5-4-10-31-20)12-19-6-7-21(29-3)22(11-19)32-17-24(2)15-30-16-24/h6-9,11,20H,4-5,10,12-17H2,1-3H3/t20-/m1/s1. The summed E-state index contributed by atoms with van der Waals surface area (Å²) >= 11 is 0. The number of ether oxygens (including phenoxy) is 4. The minimum atomic E-state index is 0.0183. The lowest BCUT2D eigenvalue weighted by Gasteiger charge is -2.37. The first kappa shape index (κ1) is 22.6. The first-order chi connectivity index (χ1) is 15.5. The molecule has 1 aromatic carbocycles. The highest BCUT2D eigenvalue weighted by molar-refractivity contribution is 5.76. The first-order valence-electron chi connectivity index (χ1n) is 11.2. The second kappa shape index (κ2) is 9.92. The van der Waals surface area contributed by atoms with Gasteiger partial charge in [0.1, 0.15) is 6.54 Å². The van der Waals surface area contributed by atoms with Crippen LogP contribution < -0.4 is 9.47 Å². The number of hydrogen-bond acceptors (Lipinski definition) is 6. The maximum Gasteiger partial charge on any atom is 0.244 e. The van der Waals surface area contributed by atoms with Crippen molar-refractivity contribution in [1.29, 1.82) is 0 Å². The highest BCUT2D eigenvalue weighted by atomic mass is 16.5. The van der Waals surface area contributed by atoms with Gasteiger partial charge < -0.3 is 23.8 Å². The van der Waals surface area contributed by atoms with E-state index in [-0.39, 0.29) is 24.0 Å². The summed E-state index contributed by atoms with van der Waals surface area (Å²) in [5.41, 5.74) is 1.98. The summed E-state index contributed by atoms with van der Waals surface area (Å²) in [5.74, 6) is 1.39. The number of hydrogen-bond donors (Lipinski definition) is 0. The zero-order valence-electron chi connectivity index (χ0n) is 19.2. The first-order valence-corrected chi connectivity index (χ1v) is 11.2. The molecular weight excluding hydrogens is 410 g/mol. The molecule has 8 heteroatoms. The average molecular weight is 444 g/mol. The number of rotatable bonds is 10. The second-order valence-electron chi connectivity index (χ2n) is 9.12. The van der Waals surface area contributed by atoms with Crippen molar-refractivity contribution in [3.8, 4) is 11.5 Å². The van der Waals surface area contributed by atoms with Gasteiger partial charge in [-0.3, -0.25) is 9.48 Å². The molecule has 0 aliphatic carbocycles. The lowest BCUT2D eigenvalue weighted by Crippen LogP contribution is -2.44. The molecule has 0 unspecified atom stereocenters. The molecule has 1 aromatic heterocycles. The molecular formula is C24H33N3O5. The largest absolute Gasteiger partial charge is 0.493 e. The van der Waals surface area contributed by atoms with Gasteiger partial charge >= 0.3 is 0 Å². The van der Waals surface area contributed by atoms with Crippen LogP contribution in [0.1, 0.15) is 31.0 Å². The van der Waals surface area contributed by atoms with Gasteiger partial charge in [0.05, 0.1) is 33.0 Å². The van der Waals surface area contributed by atoms with Gasteiger partial charge in [-0.1, -0.05) is 13.0 Å². The minimum Gasteiger partial charge on any atom is -0.493 e. The quantitative estimate of drug-likeness (QED) is 0.562. The molecule has 2 saturated heterocycles. The molecule has 174 valence electrons. The molecule has 8 nitrogen and oxygen atoms in total. The average Bonchev–Trinajstić information content (AvgIpc) is 3.42. The van der Waals surface area contributed by atoms with Crippen LogP contribution in [0.25, 0.3) is 0 Å². The van der Waals surface area contributed by atoms with Crippen molar-refractivity contribution in [2.45, 2.75) is 45.9 Å². The maximum atomic E-state index is 13.2. The van der Waals surface area contributed by atoms with Crippen molar-refractivity contribution >= 4 is 5.91 Å². The smallest absolute Gasteiger partial charge is 0.244 e. The molecule has 1 amide bonds. The van der Waals surface area contributed by atoms with E-state index in [0.29, 0.717) is 44.4 Å². The van der Waals surface area contributed by atoms with Crippen LogP contribution in [-0.2, 0) is 27.4 Å². The van der Waals surface area contributed by atoms with Crippen LogP contribution in [0.4, 0.5) is 0 Å². The van der Waals surface area contributed by atoms with E-state index in [0.717, 1.165) is 30.7 Å². The van der Waals surface area contributed by atoms with Crippen molar-refractivity contribution in [2.24, 2.45) is 5.41 Å². The monoisotopic (exact) mass is 443 g/mol. The zero-order chi connectivity index (χ0) is 22.6. The van der Waals surface area contributed by atoms with E-state index in [1.807, 2.05) is 36.1 Å². The fraction of sp³-hybridized carbons (Fsp3) is 0.583. The van der Waals surface area contributed by atoms with Gasteiger partial charge in [-0.05, 0) is 43.5 Å². The number of aromatic nitrogens is 2. The van der Waals surface area contributed by atoms with Crippen LogP contribution in [0.5, 0.6) is 11.5 Å². The predicted molar refractivity (Wildman–Crippen MR) is 119 cm³/mol. The summed E-state index contributed by atoms with van der Waals surface area (Å²) in [5, 5.41) is 4.27. The zero-order valence-corrected chi connectivity index (χ0v) is 19.2. The third kappa shape index (κ3) is 5.42. The van der Waals surface area contributed by atoms with Crippen LogP contribution in [0.3, 0.4) is 0 Å². The Hall–Kier alpha value is -2.58.